The summed E-state index contributed by atoms with van der Waals surface area (Å²) < 4.78 is 8.80. The first-order valence-electron chi connectivity index (χ1n) is 10.6. The molecule has 5 heterocycles. The molecule has 3 aromatic heterocycles. The molecule has 3 aromatic rings. The molecule has 0 aliphatic carbocycles. The predicted molar refractivity (Wildman–Crippen MR) is 112 cm³/mol. The lowest BCUT2D eigenvalue weighted by Crippen LogP contribution is -2.47. The minimum atomic E-state index is 0.162. The molecule has 158 valence electrons. The first kappa shape index (κ1) is 19.3. The Morgan fingerprint density at radius 1 is 1.20 bits per heavy atom. The minimum absolute atomic E-state index is 0.162. The van der Waals surface area contributed by atoms with Crippen molar-refractivity contribution in [3.8, 4) is 0 Å². The number of aromatic nitrogens is 4. The Morgan fingerprint density at radius 3 is 2.87 bits per heavy atom. The van der Waals surface area contributed by atoms with E-state index in [0.29, 0.717) is 24.9 Å². The quantitative estimate of drug-likeness (QED) is 0.620. The van der Waals surface area contributed by atoms with Crippen molar-refractivity contribution in [2.45, 2.75) is 38.5 Å². The van der Waals surface area contributed by atoms with Gasteiger partial charge in [0.15, 0.2) is 0 Å². The molecule has 8 heteroatoms. The Morgan fingerprint density at radius 2 is 2.10 bits per heavy atom. The van der Waals surface area contributed by atoms with E-state index in [2.05, 4.69) is 32.3 Å². The van der Waals surface area contributed by atoms with Gasteiger partial charge >= 0.3 is 0 Å². The highest BCUT2D eigenvalue weighted by Crippen LogP contribution is 2.35. The third-order valence-corrected chi connectivity index (χ3v) is 6.29. The zero-order chi connectivity index (χ0) is 20.7. The molecule has 2 bridgehead atoms. The van der Waals surface area contributed by atoms with Gasteiger partial charge in [-0.2, -0.15) is 5.10 Å². The standard InChI is InChI=1S/C22H28N6O2/c1-25(15-20-5-6-30-24-20)13-18-3-4-21-19-7-16(12-28(21)22(18)29)10-27(14-19)11-17-8-23-26(2)9-17/h3-6,8-9,16,19H,7,10-15H2,1-2H3/t16-,19+/m0/s1. The molecule has 0 spiro atoms. The first-order valence-corrected chi connectivity index (χ1v) is 10.6. The predicted octanol–water partition coefficient (Wildman–Crippen LogP) is 1.82. The highest BCUT2D eigenvalue weighted by molar-refractivity contribution is 5.22. The van der Waals surface area contributed by atoms with Gasteiger partial charge in [-0.05, 0) is 25.5 Å². The van der Waals surface area contributed by atoms with Crippen LogP contribution in [0.15, 0.2) is 46.2 Å². The Hall–Kier alpha value is -2.71. The van der Waals surface area contributed by atoms with E-state index in [1.807, 2.05) is 41.7 Å². The van der Waals surface area contributed by atoms with Crippen molar-refractivity contribution in [1.82, 2.24) is 29.3 Å². The Kier molecular flexibility index (Phi) is 5.04. The van der Waals surface area contributed by atoms with Crippen molar-refractivity contribution < 1.29 is 4.52 Å². The summed E-state index contributed by atoms with van der Waals surface area (Å²) in [4.78, 5) is 17.9. The summed E-state index contributed by atoms with van der Waals surface area (Å²) in [6.45, 7) is 5.04. The third kappa shape index (κ3) is 3.85. The summed E-state index contributed by atoms with van der Waals surface area (Å²) in [6, 6.07) is 6.05. The second-order valence-corrected chi connectivity index (χ2v) is 8.88. The average molecular weight is 409 g/mol. The van der Waals surface area contributed by atoms with E-state index in [1.165, 1.54) is 17.7 Å². The van der Waals surface area contributed by atoms with Crippen molar-refractivity contribution in [2.75, 3.05) is 20.1 Å². The zero-order valence-corrected chi connectivity index (χ0v) is 17.6. The summed E-state index contributed by atoms with van der Waals surface area (Å²) in [5.41, 5.74) is 4.32. The van der Waals surface area contributed by atoms with E-state index < -0.39 is 0 Å². The van der Waals surface area contributed by atoms with Crippen LogP contribution in [0.1, 0.15) is 34.9 Å². The molecular formula is C22H28N6O2. The molecule has 0 N–H and O–H groups in total. The van der Waals surface area contributed by atoms with Crippen LogP contribution >= 0.6 is 0 Å². The first-order chi connectivity index (χ1) is 14.5. The number of hydrogen-bond acceptors (Lipinski definition) is 6. The van der Waals surface area contributed by atoms with Crippen LogP contribution < -0.4 is 5.56 Å². The lowest BCUT2D eigenvalue weighted by atomic mass is 9.83. The number of nitrogens with zero attached hydrogens (tertiary/aromatic N) is 6. The smallest absolute Gasteiger partial charge is 0.255 e. The molecule has 2 aliphatic rings. The largest absolute Gasteiger partial charge is 0.364 e. The monoisotopic (exact) mass is 408 g/mol. The van der Waals surface area contributed by atoms with Crippen LogP contribution in [0.4, 0.5) is 0 Å². The van der Waals surface area contributed by atoms with E-state index in [-0.39, 0.29) is 5.56 Å². The van der Waals surface area contributed by atoms with Crippen molar-refractivity contribution in [3.63, 3.8) is 0 Å². The Balaban J connectivity index is 1.31. The molecule has 30 heavy (non-hydrogen) atoms. The molecule has 1 saturated heterocycles. The summed E-state index contributed by atoms with van der Waals surface area (Å²) in [5, 5.41) is 8.25. The van der Waals surface area contributed by atoms with Gasteiger partial charge in [0.25, 0.3) is 5.56 Å². The molecular weight excluding hydrogens is 380 g/mol. The van der Waals surface area contributed by atoms with E-state index in [0.717, 1.165) is 37.4 Å². The maximum Gasteiger partial charge on any atom is 0.255 e. The van der Waals surface area contributed by atoms with Crippen molar-refractivity contribution >= 4 is 0 Å². The van der Waals surface area contributed by atoms with Crippen molar-refractivity contribution in [3.05, 3.63) is 69.7 Å². The summed E-state index contributed by atoms with van der Waals surface area (Å²) in [7, 11) is 3.96. The van der Waals surface area contributed by atoms with Gasteiger partial charge in [0, 0.05) is 81.3 Å². The summed E-state index contributed by atoms with van der Waals surface area (Å²) >= 11 is 0. The van der Waals surface area contributed by atoms with Gasteiger partial charge in [0.05, 0.1) is 11.9 Å². The lowest BCUT2D eigenvalue weighted by molar-refractivity contribution is 0.114. The van der Waals surface area contributed by atoms with E-state index in [9.17, 15) is 4.79 Å². The zero-order valence-electron chi connectivity index (χ0n) is 17.6. The van der Waals surface area contributed by atoms with Gasteiger partial charge in [0.1, 0.15) is 6.26 Å². The molecule has 0 aromatic carbocycles. The molecule has 2 aliphatic heterocycles. The highest BCUT2D eigenvalue weighted by atomic mass is 16.5. The fraction of sp³-hybridized carbons (Fsp3) is 0.500. The number of rotatable bonds is 6. The van der Waals surface area contributed by atoms with Gasteiger partial charge in [-0.1, -0.05) is 11.2 Å². The maximum atomic E-state index is 13.2. The molecule has 5 rings (SSSR count). The van der Waals surface area contributed by atoms with Gasteiger partial charge < -0.3 is 9.09 Å². The van der Waals surface area contributed by atoms with Crippen LogP contribution in [-0.2, 0) is 33.2 Å². The van der Waals surface area contributed by atoms with E-state index >= 15 is 0 Å². The molecule has 1 fully saturated rings. The Bertz CT molecular complexity index is 1070. The molecule has 0 saturated carbocycles. The fourth-order valence-corrected chi connectivity index (χ4v) is 5.09. The number of piperidine rings is 1. The van der Waals surface area contributed by atoms with Crippen LogP contribution in [0.3, 0.4) is 0 Å². The van der Waals surface area contributed by atoms with Crippen molar-refractivity contribution in [2.24, 2.45) is 13.0 Å². The maximum absolute atomic E-state index is 13.2. The fourth-order valence-electron chi connectivity index (χ4n) is 5.09. The molecule has 8 nitrogen and oxygen atoms in total. The second kappa shape index (κ2) is 7.85. The molecule has 0 radical (unpaired) electrons. The number of aryl methyl sites for hydroxylation is 1. The SMILES string of the molecule is CN(Cc1ccon1)Cc1ccc2n(c1=O)C[C@H]1C[C@@H]2CN(Cc2cnn(C)c2)C1. The number of pyridine rings is 1. The van der Waals surface area contributed by atoms with Crippen molar-refractivity contribution in [1.29, 1.82) is 0 Å². The summed E-state index contributed by atoms with van der Waals surface area (Å²) in [5.74, 6) is 0.942. The van der Waals surface area contributed by atoms with Crippen LogP contribution in [0.5, 0.6) is 0 Å². The molecule has 0 unspecified atom stereocenters. The average Bonchev–Trinajstić information content (AvgIpc) is 3.36. The lowest BCUT2D eigenvalue weighted by Gasteiger charge is -2.43. The van der Waals surface area contributed by atoms with Crippen LogP contribution in [0, 0.1) is 5.92 Å². The van der Waals surface area contributed by atoms with Crippen LogP contribution in [-0.4, -0.2) is 49.4 Å². The van der Waals surface area contributed by atoms with E-state index in [1.54, 1.807) is 6.26 Å². The van der Waals surface area contributed by atoms with Crippen LogP contribution in [0.25, 0.3) is 0 Å². The summed E-state index contributed by atoms with van der Waals surface area (Å²) in [6.07, 6.45) is 6.79. The van der Waals surface area contributed by atoms with E-state index in [4.69, 9.17) is 4.52 Å². The molecule has 2 atom stereocenters. The normalized spacial score (nSPS) is 21.2. The second-order valence-electron chi connectivity index (χ2n) is 8.88. The van der Waals surface area contributed by atoms with Gasteiger partial charge in [0.2, 0.25) is 0 Å². The topological polar surface area (TPSA) is 72.3 Å². The Labute approximate surface area is 175 Å². The third-order valence-electron chi connectivity index (χ3n) is 6.29. The number of hydrogen-bond donors (Lipinski definition) is 0. The molecule has 0 amide bonds. The number of fused-ring (bicyclic) bond motifs is 4. The minimum Gasteiger partial charge on any atom is -0.364 e. The van der Waals surface area contributed by atoms with Crippen LogP contribution in [0.2, 0.25) is 0 Å². The highest BCUT2D eigenvalue weighted by Gasteiger charge is 2.35. The van der Waals surface area contributed by atoms with Gasteiger partial charge in [-0.3, -0.25) is 19.3 Å². The van der Waals surface area contributed by atoms with Gasteiger partial charge in [-0.25, -0.2) is 0 Å². The number of likely N-dealkylation sites (tertiary alicyclic amines) is 1. The van der Waals surface area contributed by atoms with Gasteiger partial charge in [-0.15, -0.1) is 0 Å².